The number of piperazine rings is 1. The van der Waals surface area contributed by atoms with Crippen LogP contribution in [0.15, 0.2) is 36.5 Å². The van der Waals surface area contributed by atoms with Gasteiger partial charge in [0.15, 0.2) is 0 Å². The van der Waals surface area contributed by atoms with Gasteiger partial charge in [0.05, 0.1) is 6.61 Å². The van der Waals surface area contributed by atoms with Crippen LogP contribution in [0.4, 0.5) is 5.82 Å². The molecule has 3 rings (SSSR count). The summed E-state index contributed by atoms with van der Waals surface area (Å²) in [6.07, 6.45) is 2.48. The van der Waals surface area contributed by atoms with Gasteiger partial charge in [-0.15, -0.1) is 0 Å². The number of rotatable bonds is 5. The standard InChI is InChI=1S/C16H19ClN4O/c17-14-4-2-1-3-13(14)6-12-22-16-19-7-5-15(20-16)21-10-8-18-9-11-21/h1-5,7,18H,6,8-12H2. The number of hydrogen-bond donors (Lipinski definition) is 1. The van der Waals surface area contributed by atoms with E-state index >= 15 is 0 Å². The molecular weight excluding hydrogens is 300 g/mol. The highest BCUT2D eigenvalue weighted by Crippen LogP contribution is 2.17. The van der Waals surface area contributed by atoms with Crippen LogP contribution in [0.25, 0.3) is 0 Å². The third-order valence-electron chi connectivity index (χ3n) is 3.62. The minimum absolute atomic E-state index is 0.420. The van der Waals surface area contributed by atoms with E-state index in [2.05, 4.69) is 20.2 Å². The van der Waals surface area contributed by atoms with E-state index in [0.717, 1.165) is 49.0 Å². The Hall–Kier alpha value is -1.85. The highest BCUT2D eigenvalue weighted by molar-refractivity contribution is 6.31. The Morgan fingerprint density at radius 3 is 2.82 bits per heavy atom. The molecule has 0 radical (unpaired) electrons. The Labute approximate surface area is 135 Å². The zero-order valence-corrected chi connectivity index (χ0v) is 13.1. The van der Waals surface area contributed by atoms with Gasteiger partial charge < -0.3 is 15.0 Å². The first-order chi connectivity index (χ1) is 10.8. The second kappa shape index (κ2) is 7.42. The van der Waals surface area contributed by atoms with E-state index in [0.29, 0.717) is 12.6 Å². The molecule has 116 valence electrons. The molecule has 1 aromatic heterocycles. The maximum Gasteiger partial charge on any atom is 0.318 e. The first-order valence-corrected chi connectivity index (χ1v) is 7.85. The summed E-state index contributed by atoms with van der Waals surface area (Å²) in [5.74, 6) is 0.921. The van der Waals surface area contributed by atoms with Gasteiger partial charge in [-0.2, -0.15) is 4.98 Å². The van der Waals surface area contributed by atoms with Gasteiger partial charge in [-0.1, -0.05) is 29.8 Å². The summed E-state index contributed by atoms with van der Waals surface area (Å²) in [5, 5.41) is 4.09. The number of ether oxygens (including phenoxy) is 1. The molecule has 2 aromatic rings. The molecule has 1 fully saturated rings. The second-order valence-corrected chi connectivity index (χ2v) is 5.53. The van der Waals surface area contributed by atoms with Crippen LogP contribution < -0.4 is 15.0 Å². The van der Waals surface area contributed by atoms with E-state index in [1.54, 1.807) is 6.20 Å². The van der Waals surface area contributed by atoms with Crippen molar-refractivity contribution < 1.29 is 4.74 Å². The van der Waals surface area contributed by atoms with E-state index < -0.39 is 0 Å². The average molecular weight is 319 g/mol. The molecular formula is C16H19ClN4O. The van der Waals surface area contributed by atoms with Crippen molar-refractivity contribution in [2.24, 2.45) is 0 Å². The fraction of sp³-hybridized carbons (Fsp3) is 0.375. The monoisotopic (exact) mass is 318 g/mol. The number of benzene rings is 1. The molecule has 2 heterocycles. The number of aromatic nitrogens is 2. The number of hydrogen-bond acceptors (Lipinski definition) is 5. The number of nitrogens with zero attached hydrogens (tertiary/aromatic N) is 3. The summed E-state index contributed by atoms with van der Waals surface area (Å²) in [4.78, 5) is 10.9. The second-order valence-electron chi connectivity index (χ2n) is 5.12. The van der Waals surface area contributed by atoms with Crippen LogP contribution in [0.3, 0.4) is 0 Å². The van der Waals surface area contributed by atoms with Crippen LogP contribution in [-0.2, 0) is 6.42 Å². The Morgan fingerprint density at radius 1 is 1.18 bits per heavy atom. The lowest BCUT2D eigenvalue weighted by molar-refractivity contribution is 0.296. The minimum Gasteiger partial charge on any atom is -0.463 e. The van der Waals surface area contributed by atoms with E-state index in [4.69, 9.17) is 16.3 Å². The normalized spacial score (nSPS) is 14.9. The molecule has 0 saturated carbocycles. The summed E-state index contributed by atoms with van der Waals surface area (Å²) in [7, 11) is 0. The van der Waals surface area contributed by atoms with Crippen molar-refractivity contribution in [2.45, 2.75) is 6.42 Å². The maximum absolute atomic E-state index is 6.13. The van der Waals surface area contributed by atoms with Gasteiger partial charge in [0.2, 0.25) is 0 Å². The molecule has 1 aliphatic rings. The van der Waals surface area contributed by atoms with E-state index in [1.807, 2.05) is 30.3 Å². The van der Waals surface area contributed by atoms with Gasteiger partial charge in [-0.05, 0) is 17.7 Å². The zero-order valence-electron chi connectivity index (χ0n) is 12.3. The first-order valence-electron chi connectivity index (χ1n) is 7.48. The van der Waals surface area contributed by atoms with Crippen molar-refractivity contribution in [1.29, 1.82) is 0 Å². The van der Waals surface area contributed by atoms with Gasteiger partial charge in [0.25, 0.3) is 0 Å². The fourth-order valence-corrected chi connectivity index (χ4v) is 2.66. The predicted octanol–water partition coefficient (Wildman–Crippen LogP) is 2.16. The Bertz CT molecular complexity index is 617. The summed E-state index contributed by atoms with van der Waals surface area (Å²) >= 11 is 6.13. The Balaban J connectivity index is 1.57. The third kappa shape index (κ3) is 3.87. The van der Waals surface area contributed by atoms with Crippen LogP contribution in [0.1, 0.15) is 5.56 Å². The van der Waals surface area contributed by atoms with Crippen LogP contribution >= 0.6 is 11.6 Å². The molecule has 0 atom stereocenters. The van der Waals surface area contributed by atoms with E-state index in [1.165, 1.54) is 0 Å². The predicted molar refractivity (Wildman–Crippen MR) is 87.8 cm³/mol. The molecule has 1 aliphatic heterocycles. The lowest BCUT2D eigenvalue weighted by atomic mass is 10.2. The number of halogens is 1. The van der Waals surface area contributed by atoms with Crippen molar-refractivity contribution in [1.82, 2.24) is 15.3 Å². The molecule has 22 heavy (non-hydrogen) atoms. The topological polar surface area (TPSA) is 50.3 Å². The molecule has 6 heteroatoms. The highest BCUT2D eigenvalue weighted by atomic mass is 35.5. The molecule has 0 bridgehead atoms. The molecule has 0 aliphatic carbocycles. The average Bonchev–Trinajstić information content (AvgIpc) is 2.58. The fourth-order valence-electron chi connectivity index (χ4n) is 2.42. The lowest BCUT2D eigenvalue weighted by Gasteiger charge is -2.28. The van der Waals surface area contributed by atoms with Gasteiger partial charge in [-0.25, -0.2) is 4.98 Å². The van der Waals surface area contributed by atoms with Gasteiger partial charge in [-0.3, -0.25) is 0 Å². The molecule has 1 aromatic carbocycles. The molecule has 1 N–H and O–H groups in total. The molecule has 5 nitrogen and oxygen atoms in total. The smallest absolute Gasteiger partial charge is 0.318 e. The van der Waals surface area contributed by atoms with Crippen molar-refractivity contribution in [2.75, 3.05) is 37.7 Å². The summed E-state index contributed by atoms with van der Waals surface area (Å²) in [5.41, 5.74) is 1.07. The van der Waals surface area contributed by atoms with Crippen molar-refractivity contribution >= 4 is 17.4 Å². The number of nitrogens with one attached hydrogen (secondary N) is 1. The van der Waals surface area contributed by atoms with Crippen LogP contribution in [0, 0.1) is 0 Å². The van der Waals surface area contributed by atoms with Gasteiger partial charge in [0, 0.05) is 43.8 Å². The highest BCUT2D eigenvalue weighted by Gasteiger charge is 2.12. The SMILES string of the molecule is Clc1ccccc1CCOc1nccc(N2CCNCC2)n1. The first kappa shape index (κ1) is 15.1. The number of anilines is 1. The zero-order chi connectivity index (χ0) is 15.2. The van der Waals surface area contributed by atoms with Crippen molar-refractivity contribution in [3.8, 4) is 6.01 Å². The van der Waals surface area contributed by atoms with E-state index in [9.17, 15) is 0 Å². The van der Waals surface area contributed by atoms with Gasteiger partial charge in [0.1, 0.15) is 5.82 Å². The summed E-state index contributed by atoms with van der Waals surface area (Å²) < 4.78 is 5.67. The Morgan fingerprint density at radius 2 is 2.00 bits per heavy atom. The summed E-state index contributed by atoms with van der Waals surface area (Å²) in [6, 6.07) is 10.1. The maximum atomic E-state index is 6.13. The van der Waals surface area contributed by atoms with Crippen LogP contribution in [-0.4, -0.2) is 42.8 Å². The van der Waals surface area contributed by atoms with Crippen molar-refractivity contribution in [3.05, 3.63) is 47.1 Å². The molecule has 0 amide bonds. The summed E-state index contributed by atoms with van der Waals surface area (Å²) in [6.45, 7) is 4.38. The minimum atomic E-state index is 0.420. The molecule has 0 spiro atoms. The third-order valence-corrected chi connectivity index (χ3v) is 3.99. The largest absolute Gasteiger partial charge is 0.463 e. The van der Waals surface area contributed by atoms with Crippen LogP contribution in [0.5, 0.6) is 6.01 Å². The van der Waals surface area contributed by atoms with Crippen molar-refractivity contribution in [3.63, 3.8) is 0 Å². The van der Waals surface area contributed by atoms with E-state index in [-0.39, 0.29) is 0 Å². The lowest BCUT2D eigenvalue weighted by Crippen LogP contribution is -2.43. The Kier molecular flexibility index (Phi) is 5.08. The molecule has 1 saturated heterocycles. The van der Waals surface area contributed by atoms with Crippen LogP contribution in [0.2, 0.25) is 5.02 Å². The quantitative estimate of drug-likeness (QED) is 0.915. The molecule has 0 unspecified atom stereocenters. The van der Waals surface area contributed by atoms with Gasteiger partial charge >= 0.3 is 6.01 Å².